The first-order valence-corrected chi connectivity index (χ1v) is 12.1. The molecule has 0 fully saturated rings. The van der Waals surface area contributed by atoms with Crippen molar-refractivity contribution in [2.75, 3.05) is 6.61 Å². The Hall–Kier alpha value is -4.27. The van der Waals surface area contributed by atoms with Gasteiger partial charge >= 0.3 is 11.9 Å². The van der Waals surface area contributed by atoms with Crippen molar-refractivity contribution in [3.63, 3.8) is 0 Å². The SMILES string of the molecule is CCOC(=O)c1nnc(CNC(=O)[C@@H](NC(=O)c2nn(CCCCC#N)c3ccccc23)C(C)(C)C)o1. The topological polar surface area (TPSA) is 165 Å². The third-order valence-corrected chi connectivity index (χ3v) is 5.52. The number of nitrogens with zero attached hydrogens (tertiary/aromatic N) is 5. The number of hydrogen-bond acceptors (Lipinski definition) is 9. The first-order chi connectivity index (χ1) is 17.7. The van der Waals surface area contributed by atoms with Crippen LogP contribution in [0.5, 0.6) is 0 Å². The zero-order chi connectivity index (χ0) is 27.0. The first-order valence-electron chi connectivity index (χ1n) is 12.1. The van der Waals surface area contributed by atoms with Gasteiger partial charge in [-0.15, -0.1) is 10.2 Å². The molecule has 2 heterocycles. The molecule has 3 rings (SSSR count). The highest BCUT2D eigenvalue weighted by molar-refractivity contribution is 6.06. The van der Waals surface area contributed by atoms with Crippen molar-refractivity contribution in [1.29, 1.82) is 5.26 Å². The number of nitriles is 1. The molecule has 2 amide bonds. The summed E-state index contributed by atoms with van der Waals surface area (Å²) in [7, 11) is 0. The zero-order valence-corrected chi connectivity index (χ0v) is 21.4. The van der Waals surface area contributed by atoms with E-state index in [1.807, 2.05) is 45.0 Å². The molecule has 0 bridgehead atoms. The number of unbranched alkanes of at least 4 members (excludes halogenated alkanes) is 2. The lowest BCUT2D eigenvalue weighted by Crippen LogP contribution is -2.53. The third kappa shape index (κ3) is 6.91. The average molecular weight is 510 g/mol. The van der Waals surface area contributed by atoms with E-state index in [4.69, 9.17) is 14.4 Å². The second-order valence-electron chi connectivity index (χ2n) is 9.42. The number of aryl methyl sites for hydroxylation is 1. The molecule has 37 heavy (non-hydrogen) atoms. The van der Waals surface area contributed by atoms with Gasteiger partial charge in [0.05, 0.1) is 24.7 Å². The summed E-state index contributed by atoms with van der Waals surface area (Å²) in [5.74, 6) is -1.97. The van der Waals surface area contributed by atoms with Gasteiger partial charge in [-0.05, 0) is 31.2 Å². The van der Waals surface area contributed by atoms with Crippen LogP contribution in [-0.4, -0.2) is 50.4 Å². The highest BCUT2D eigenvalue weighted by Crippen LogP contribution is 2.23. The van der Waals surface area contributed by atoms with Crippen molar-refractivity contribution in [2.45, 2.75) is 66.1 Å². The smallest absolute Gasteiger partial charge is 0.396 e. The third-order valence-electron chi connectivity index (χ3n) is 5.52. The van der Waals surface area contributed by atoms with Gasteiger partial charge < -0.3 is 19.8 Å². The van der Waals surface area contributed by atoms with Gasteiger partial charge in [0.15, 0.2) is 5.69 Å². The Morgan fingerprint density at radius 2 is 1.95 bits per heavy atom. The summed E-state index contributed by atoms with van der Waals surface area (Å²) in [5.41, 5.74) is 0.379. The van der Waals surface area contributed by atoms with Crippen LogP contribution in [0, 0.1) is 16.7 Å². The maximum atomic E-state index is 13.3. The molecular weight excluding hydrogens is 478 g/mol. The molecule has 2 N–H and O–H groups in total. The average Bonchev–Trinajstić information content (AvgIpc) is 3.48. The van der Waals surface area contributed by atoms with Crippen molar-refractivity contribution in [3.8, 4) is 6.07 Å². The maximum Gasteiger partial charge on any atom is 0.396 e. The molecular formula is C25H31N7O5. The highest BCUT2D eigenvalue weighted by Gasteiger charge is 2.34. The molecule has 12 nitrogen and oxygen atoms in total. The summed E-state index contributed by atoms with van der Waals surface area (Å²) in [6.45, 7) is 7.74. The largest absolute Gasteiger partial charge is 0.459 e. The fraction of sp³-hybridized carbons (Fsp3) is 0.480. The van der Waals surface area contributed by atoms with Crippen molar-refractivity contribution in [2.24, 2.45) is 5.41 Å². The number of aromatic nitrogens is 4. The second kappa shape index (κ2) is 12.1. The zero-order valence-electron chi connectivity index (χ0n) is 21.4. The van der Waals surface area contributed by atoms with Gasteiger partial charge in [0, 0.05) is 18.4 Å². The minimum atomic E-state index is -0.910. The molecule has 3 aromatic rings. The van der Waals surface area contributed by atoms with E-state index in [1.54, 1.807) is 11.6 Å². The predicted molar refractivity (Wildman–Crippen MR) is 132 cm³/mol. The number of fused-ring (bicyclic) bond motifs is 1. The lowest BCUT2D eigenvalue weighted by molar-refractivity contribution is -0.125. The summed E-state index contributed by atoms with van der Waals surface area (Å²) < 4.78 is 11.8. The van der Waals surface area contributed by atoms with E-state index in [2.05, 4.69) is 32.0 Å². The van der Waals surface area contributed by atoms with Crippen molar-refractivity contribution in [1.82, 2.24) is 30.6 Å². The number of hydrogen-bond donors (Lipinski definition) is 2. The number of esters is 1. The number of ether oxygens (including phenoxy) is 1. The predicted octanol–water partition coefficient (Wildman–Crippen LogP) is 2.75. The monoisotopic (exact) mass is 509 g/mol. The van der Waals surface area contributed by atoms with Crippen LogP contribution < -0.4 is 10.6 Å². The van der Waals surface area contributed by atoms with E-state index in [0.717, 1.165) is 18.4 Å². The lowest BCUT2D eigenvalue weighted by Gasteiger charge is -2.30. The van der Waals surface area contributed by atoms with E-state index in [-0.39, 0.29) is 30.6 Å². The first kappa shape index (κ1) is 27.3. The van der Waals surface area contributed by atoms with E-state index >= 15 is 0 Å². The molecule has 0 saturated heterocycles. The molecule has 1 aromatic carbocycles. The number of benzene rings is 1. The molecule has 0 unspecified atom stereocenters. The number of carbonyl (C=O) groups is 3. The molecule has 0 spiro atoms. The minimum absolute atomic E-state index is 0.0246. The Balaban J connectivity index is 1.73. The van der Waals surface area contributed by atoms with Crippen molar-refractivity contribution in [3.05, 3.63) is 41.7 Å². The van der Waals surface area contributed by atoms with E-state index in [1.165, 1.54) is 0 Å². The molecule has 0 aliphatic rings. The molecule has 0 saturated carbocycles. The van der Waals surface area contributed by atoms with E-state index < -0.39 is 29.2 Å². The number of para-hydroxylation sites is 1. The van der Waals surface area contributed by atoms with Gasteiger partial charge in [0.1, 0.15) is 6.04 Å². The summed E-state index contributed by atoms with van der Waals surface area (Å²) >= 11 is 0. The Kier molecular flexibility index (Phi) is 8.95. The molecule has 0 aliphatic heterocycles. The fourth-order valence-electron chi connectivity index (χ4n) is 3.67. The van der Waals surface area contributed by atoms with E-state index in [0.29, 0.717) is 18.4 Å². The summed E-state index contributed by atoms with van der Waals surface area (Å²) in [6, 6.07) is 8.60. The van der Waals surface area contributed by atoms with Crippen LogP contribution in [0.4, 0.5) is 0 Å². The number of nitrogens with one attached hydrogen (secondary N) is 2. The van der Waals surface area contributed by atoms with Crippen LogP contribution in [-0.2, 0) is 22.6 Å². The highest BCUT2D eigenvalue weighted by atomic mass is 16.5. The molecule has 2 aromatic heterocycles. The number of carbonyl (C=O) groups excluding carboxylic acids is 3. The minimum Gasteiger partial charge on any atom is -0.459 e. The lowest BCUT2D eigenvalue weighted by atomic mass is 9.86. The number of amides is 2. The van der Waals surface area contributed by atoms with Crippen LogP contribution in [0.15, 0.2) is 28.7 Å². The van der Waals surface area contributed by atoms with Gasteiger partial charge in [-0.1, -0.05) is 39.0 Å². The molecule has 0 radical (unpaired) electrons. The van der Waals surface area contributed by atoms with Crippen molar-refractivity contribution >= 4 is 28.7 Å². The molecule has 12 heteroatoms. The van der Waals surface area contributed by atoms with Crippen LogP contribution in [0.2, 0.25) is 0 Å². The van der Waals surface area contributed by atoms with Gasteiger partial charge in [0.2, 0.25) is 11.8 Å². The Bertz CT molecular complexity index is 1300. The van der Waals surface area contributed by atoms with Crippen LogP contribution in [0.25, 0.3) is 10.9 Å². The van der Waals surface area contributed by atoms with Gasteiger partial charge in [-0.25, -0.2) is 4.79 Å². The van der Waals surface area contributed by atoms with Gasteiger partial charge in [0.25, 0.3) is 5.91 Å². The van der Waals surface area contributed by atoms with Crippen molar-refractivity contribution < 1.29 is 23.5 Å². The fourth-order valence-corrected chi connectivity index (χ4v) is 3.67. The Morgan fingerprint density at radius 3 is 2.65 bits per heavy atom. The van der Waals surface area contributed by atoms with Gasteiger partial charge in [-0.2, -0.15) is 10.4 Å². The Morgan fingerprint density at radius 1 is 1.19 bits per heavy atom. The molecule has 1 atom stereocenters. The summed E-state index contributed by atoms with van der Waals surface area (Å²) in [6.07, 6.45) is 1.95. The van der Waals surface area contributed by atoms with Crippen LogP contribution >= 0.6 is 0 Å². The second-order valence-corrected chi connectivity index (χ2v) is 9.42. The van der Waals surface area contributed by atoms with Gasteiger partial charge in [-0.3, -0.25) is 14.3 Å². The maximum absolute atomic E-state index is 13.3. The normalized spacial score (nSPS) is 12.1. The Labute approximate surface area is 214 Å². The summed E-state index contributed by atoms with van der Waals surface area (Å²) in [5, 5.41) is 26.8. The number of rotatable bonds is 11. The molecule has 0 aliphatic carbocycles. The molecule has 196 valence electrons. The van der Waals surface area contributed by atoms with Crippen LogP contribution in [0.3, 0.4) is 0 Å². The summed E-state index contributed by atoms with van der Waals surface area (Å²) in [4.78, 5) is 38.1. The van der Waals surface area contributed by atoms with E-state index in [9.17, 15) is 14.4 Å². The quantitative estimate of drug-likeness (QED) is 0.292. The van der Waals surface area contributed by atoms with Crippen LogP contribution in [0.1, 0.15) is 74.0 Å². The standard InChI is InChI=1S/C25H31N7O5/c1-5-36-24(35)23-30-29-18(37-23)15-27-22(34)20(25(2,3)4)28-21(33)19-16-11-7-8-12-17(16)32(31-19)14-10-6-9-13-26/h7-8,11-12,20H,5-6,9-10,14-15H2,1-4H3,(H,27,34)(H,28,33)/t20-/m1/s1.